The summed E-state index contributed by atoms with van der Waals surface area (Å²) in [6.45, 7) is 3.39. The monoisotopic (exact) mass is 567 g/mol. The van der Waals surface area contributed by atoms with Crippen LogP contribution in [0, 0.1) is 20.8 Å². The number of sulfonamides is 1. The molecule has 0 N–H and O–H groups in total. The lowest BCUT2D eigenvalue weighted by Crippen LogP contribution is -2.37. The van der Waals surface area contributed by atoms with E-state index >= 15 is 0 Å². The van der Waals surface area contributed by atoms with Gasteiger partial charge in [0.2, 0.25) is 10.0 Å². The third-order valence-corrected chi connectivity index (χ3v) is 10.4. The molecular weight excluding hydrogens is 538 g/mol. The lowest BCUT2D eigenvalue weighted by atomic mass is 10.2. The number of nitrogens with zero attached hydrogens (tertiary/aromatic N) is 1. The molecular formula is C25H29NO8S3. The van der Waals surface area contributed by atoms with Gasteiger partial charge in [-0.05, 0) is 56.2 Å². The van der Waals surface area contributed by atoms with Crippen LogP contribution in [0.2, 0.25) is 0 Å². The highest BCUT2D eigenvalue weighted by Gasteiger charge is 2.27. The molecule has 0 saturated carbocycles. The largest absolute Gasteiger partial charge is 0.297 e. The minimum atomic E-state index is -4.14. The van der Waals surface area contributed by atoms with Gasteiger partial charge in [0.05, 0.1) is 27.9 Å². The Labute approximate surface area is 219 Å². The number of benzene rings is 3. The highest BCUT2D eigenvalue weighted by atomic mass is 32.2. The van der Waals surface area contributed by atoms with Gasteiger partial charge in [0, 0.05) is 13.1 Å². The predicted octanol–water partition coefficient (Wildman–Crippen LogP) is 3.41. The van der Waals surface area contributed by atoms with Gasteiger partial charge in [-0.25, -0.2) is 8.42 Å². The summed E-state index contributed by atoms with van der Waals surface area (Å²) in [5.74, 6) is 0. The molecule has 37 heavy (non-hydrogen) atoms. The Morgan fingerprint density at radius 3 is 1.41 bits per heavy atom. The molecule has 0 aliphatic rings. The summed E-state index contributed by atoms with van der Waals surface area (Å²) in [6, 6.07) is 18.6. The van der Waals surface area contributed by atoms with Crippen LogP contribution in [0.4, 0.5) is 0 Å². The third kappa shape index (κ3) is 7.24. The van der Waals surface area contributed by atoms with Crippen molar-refractivity contribution < 1.29 is 33.6 Å². The Morgan fingerprint density at radius 2 is 1.00 bits per heavy atom. The maximum atomic E-state index is 13.3. The first-order valence-electron chi connectivity index (χ1n) is 11.3. The zero-order valence-electron chi connectivity index (χ0n) is 20.7. The summed E-state index contributed by atoms with van der Waals surface area (Å²) in [4.78, 5) is -0.0622. The van der Waals surface area contributed by atoms with E-state index in [2.05, 4.69) is 0 Å². The van der Waals surface area contributed by atoms with Gasteiger partial charge in [-0.1, -0.05) is 54.1 Å². The number of aryl methyl sites for hydroxylation is 3. The molecule has 0 aliphatic heterocycles. The van der Waals surface area contributed by atoms with Crippen molar-refractivity contribution in [3.8, 4) is 0 Å². The summed E-state index contributed by atoms with van der Waals surface area (Å²) < 4.78 is 88.3. The smallest absolute Gasteiger partial charge is 0.265 e. The fraction of sp³-hybridized carbons (Fsp3) is 0.280. The van der Waals surface area contributed by atoms with Crippen molar-refractivity contribution >= 4 is 30.3 Å². The van der Waals surface area contributed by atoms with Gasteiger partial charge < -0.3 is 0 Å². The zero-order chi connectivity index (χ0) is 27.3. The first-order chi connectivity index (χ1) is 17.3. The van der Waals surface area contributed by atoms with E-state index in [9.17, 15) is 25.3 Å². The van der Waals surface area contributed by atoms with Crippen molar-refractivity contribution in [3.63, 3.8) is 0 Å². The van der Waals surface area contributed by atoms with Crippen LogP contribution in [0.5, 0.6) is 0 Å². The molecule has 0 spiro atoms. The number of rotatable bonds is 12. The van der Waals surface area contributed by atoms with Gasteiger partial charge in [-0.3, -0.25) is 8.37 Å². The molecule has 0 aromatic heterocycles. The molecule has 0 unspecified atom stereocenters. The normalized spacial score (nSPS) is 12.6. The van der Waals surface area contributed by atoms with Crippen LogP contribution in [0.15, 0.2) is 87.5 Å². The Morgan fingerprint density at radius 1 is 0.595 bits per heavy atom. The maximum Gasteiger partial charge on any atom is 0.297 e. The van der Waals surface area contributed by atoms with E-state index in [1.54, 1.807) is 62.4 Å². The minimum absolute atomic E-state index is 0.0180. The Kier molecular flexibility index (Phi) is 9.27. The fourth-order valence-corrected chi connectivity index (χ4v) is 7.17. The molecule has 3 aromatic carbocycles. The molecule has 12 heteroatoms. The van der Waals surface area contributed by atoms with E-state index in [-0.39, 0.29) is 27.8 Å². The summed E-state index contributed by atoms with van der Waals surface area (Å²) in [7, 11) is -12.4. The lowest BCUT2D eigenvalue weighted by molar-refractivity contribution is 0.242. The molecule has 0 atom stereocenters. The van der Waals surface area contributed by atoms with E-state index in [0.29, 0.717) is 11.1 Å². The van der Waals surface area contributed by atoms with Gasteiger partial charge in [-0.2, -0.15) is 21.1 Å². The van der Waals surface area contributed by atoms with Crippen molar-refractivity contribution in [2.45, 2.75) is 35.5 Å². The topological polar surface area (TPSA) is 124 Å². The molecule has 0 radical (unpaired) electrons. The molecule has 3 rings (SSSR count). The minimum Gasteiger partial charge on any atom is -0.265 e. The van der Waals surface area contributed by atoms with Gasteiger partial charge in [0.25, 0.3) is 20.2 Å². The standard InChI is InChI=1S/C25H29NO8S3/c1-20-12-14-23(15-13-20)35(27,28)26(16-18-33-36(29,30)24-10-6-4-8-21(24)2)17-19-34-37(31,32)25-11-7-5-9-22(25)3/h4-15H,16-19H2,1-3H3. The molecule has 0 bridgehead atoms. The quantitative estimate of drug-likeness (QED) is 0.305. The summed E-state index contributed by atoms with van der Waals surface area (Å²) in [5.41, 5.74) is 1.83. The molecule has 0 amide bonds. The van der Waals surface area contributed by atoms with Crippen LogP contribution in [0.3, 0.4) is 0 Å². The van der Waals surface area contributed by atoms with Crippen LogP contribution >= 0.6 is 0 Å². The maximum absolute atomic E-state index is 13.3. The fourth-order valence-electron chi connectivity index (χ4n) is 3.51. The third-order valence-electron chi connectivity index (χ3n) is 5.54. The molecule has 0 heterocycles. The van der Waals surface area contributed by atoms with Gasteiger partial charge >= 0.3 is 0 Å². The second-order valence-electron chi connectivity index (χ2n) is 8.30. The number of hydrogen-bond acceptors (Lipinski definition) is 8. The summed E-state index contributed by atoms with van der Waals surface area (Å²) in [6.07, 6.45) is 0. The van der Waals surface area contributed by atoms with Crippen molar-refractivity contribution in [2.75, 3.05) is 26.3 Å². The van der Waals surface area contributed by atoms with E-state index < -0.39 is 43.5 Å². The van der Waals surface area contributed by atoms with Gasteiger partial charge in [0.1, 0.15) is 0 Å². The van der Waals surface area contributed by atoms with Gasteiger partial charge in [-0.15, -0.1) is 0 Å². The highest BCUT2D eigenvalue weighted by molar-refractivity contribution is 7.89. The molecule has 3 aromatic rings. The van der Waals surface area contributed by atoms with Crippen LogP contribution in [-0.2, 0) is 38.6 Å². The summed E-state index contributed by atoms with van der Waals surface area (Å²) in [5, 5.41) is 0. The molecule has 0 aliphatic carbocycles. The summed E-state index contributed by atoms with van der Waals surface area (Å²) >= 11 is 0. The van der Waals surface area contributed by atoms with Crippen LogP contribution in [-0.4, -0.2) is 55.9 Å². The first-order valence-corrected chi connectivity index (χ1v) is 15.6. The first kappa shape index (κ1) is 29.0. The molecule has 9 nitrogen and oxygen atoms in total. The van der Waals surface area contributed by atoms with E-state index in [1.165, 1.54) is 24.3 Å². The van der Waals surface area contributed by atoms with Crippen molar-refractivity contribution in [1.82, 2.24) is 4.31 Å². The van der Waals surface area contributed by atoms with Crippen molar-refractivity contribution in [3.05, 3.63) is 89.5 Å². The van der Waals surface area contributed by atoms with Crippen molar-refractivity contribution in [1.29, 1.82) is 0 Å². The lowest BCUT2D eigenvalue weighted by Gasteiger charge is -2.22. The Balaban J connectivity index is 1.78. The average molecular weight is 568 g/mol. The number of hydrogen-bond donors (Lipinski definition) is 0. The SMILES string of the molecule is Cc1ccc(S(=O)(=O)N(CCOS(=O)(=O)c2ccccc2C)CCOS(=O)(=O)c2ccccc2C)cc1. The average Bonchev–Trinajstić information content (AvgIpc) is 2.83. The van der Waals surface area contributed by atoms with E-state index in [0.717, 1.165) is 9.87 Å². The van der Waals surface area contributed by atoms with Crippen LogP contribution < -0.4 is 0 Å². The molecule has 200 valence electrons. The van der Waals surface area contributed by atoms with Crippen molar-refractivity contribution in [2.24, 2.45) is 0 Å². The highest BCUT2D eigenvalue weighted by Crippen LogP contribution is 2.20. The molecule has 0 fully saturated rings. The zero-order valence-corrected chi connectivity index (χ0v) is 23.1. The molecule has 0 saturated heterocycles. The predicted molar refractivity (Wildman–Crippen MR) is 139 cm³/mol. The van der Waals surface area contributed by atoms with Crippen LogP contribution in [0.1, 0.15) is 16.7 Å². The van der Waals surface area contributed by atoms with Gasteiger partial charge in [0.15, 0.2) is 0 Å². The Hall–Kier alpha value is -2.61. The van der Waals surface area contributed by atoms with E-state index in [4.69, 9.17) is 8.37 Å². The second kappa shape index (κ2) is 11.8. The van der Waals surface area contributed by atoms with Crippen LogP contribution in [0.25, 0.3) is 0 Å². The van der Waals surface area contributed by atoms with E-state index in [1.807, 2.05) is 6.92 Å². The second-order valence-corrected chi connectivity index (χ2v) is 13.4. The Bertz CT molecular complexity index is 1470.